The van der Waals surface area contributed by atoms with Crippen molar-refractivity contribution in [1.82, 2.24) is 9.80 Å². The highest BCUT2D eigenvalue weighted by atomic mass is 16.5. The van der Waals surface area contributed by atoms with E-state index in [1.54, 1.807) is 0 Å². The van der Waals surface area contributed by atoms with E-state index in [-0.39, 0.29) is 6.73 Å². The van der Waals surface area contributed by atoms with Gasteiger partial charge in [0, 0.05) is 25.5 Å². The molecule has 1 rings (SSSR count). The first kappa shape index (κ1) is 8.64. The molecule has 0 atom stereocenters. The average molecular weight is 168 g/mol. The van der Waals surface area contributed by atoms with Crippen LogP contribution in [0.2, 0.25) is 0 Å². The fourth-order valence-corrected chi connectivity index (χ4v) is 0.878. The molecule has 12 heavy (non-hydrogen) atoms. The van der Waals surface area contributed by atoms with Crippen molar-refractivity contribution in [1.29, 1.82) is 0 Å². The van der Waals surface area contributed by atoms with Crippen molar-refractivity contribution in [3.63, 3.8) is 0 Å². The van der Waals surface area contributed by atoms with E-state index in [0.29, 0.717) is 0 Å². The van der Waals surface area contributed by atoms with Crippen LogP contribution in [0.25, 0.3) is 0 Å². The second-order valence-electron chi connectivity index (χ2n) is 2.58. The molecule has 0 fully saturated rings. The van der Waals surface area contributed by atoms with Crippen LogP contribution < -0.4 is 0 Å². The third kappa shape index (κ3) is 2.30. The molecule has 0 spiro atoms. The molecule has 4 heteroatoms. The molecule has 0 aromatic heterocycles. The van der Waals surface area contributed by atoms with E-state index in [0.717, 1.165) is 12.7 Å². The van der Waals surface area contributed by atoms with Gasteiger partial charge in [-0.25, -0.2) is 4.79 Å². The van der Waals surface area contributed by atoms with E-state index < -0.39 is 5.97 Å². The molecule has 0 bridgehead atoms. The molecular weight excluding hydrogens is 156 g/mol. The second kappa shape index (κ2) is 3.80. The standard InChI is InChI=1S/C8H12N2O2/c1-3-8(11)12-7-10-5-4-9(2)6-10/h3-5H,1,6-7H2,2H3. The Kier molecular flexibility index (Phi) is 2.74. The van der Waals surface area contributed by atoms with Crippen molar-refractivity contribution in [2.75, 3.05) is 20.4 Å². The van der Waals surface area contributed by atoms with Gasteiger partial charge in [-0.05, 0) is 0 Å². The zero-order valence-electron chi connectivity index (χ0n) is 7.06. The zero-order valence-corrected chi connectivity index (χ0v) is 7.06. The number of nitrogens with zero attached hydrogens (tertiary/aromatic N) is 2. The lowest BCUT2D eigenvalue weighted by Gasteiger charge is -2.16. The maximum absolute atomic E-state index is 10.6. The van der Waals surface area contributed by atoms with E-state index in [1.807, 2.05) is 29.2 Å². The molecule has 66 valence electrons. The summed E-state index contributed by atoms with van der Waals surface area (Å²) in [4.78, 5) is 14.5. The number of ether oxygens (including phenoxy) is 1. The van der Waals surface area contributed by atoms with Crippen LogP contribution in [0.5, 0.6) is 0 Å². The van der Waals surface area contributed by atoms with Crippen LogP contribution in [0.15, 0.2) is 25.1 Å². The molecule has 0 saturated heterocycles. The molecule has 4 nitrogen and oxygen atoms in total. The monoisotopic (exact) mass is 168 g/mol. The Morgan fingerprint density at radius 3 is 3.00 bits per heavy atom. The van der Waals surface area contributed by atoms with Crippen molar-refractivity contribution in [2.24, 2.45) is 0 Å². The molecule has 0 radical (unpaired) electrons. The highest BCUT2D eigenvalue weighted by Gasteiger charge is 2.08. The Balaban J connectivity index is 2.21. The maximum atomic E-state index is 10.6. The lowest BCUT2D eigenvalue weighted by molar-refractivity contribution is -0.141. The molecule has 1 heterocycles. The summed E-state index contributed by atoms with van der Waals surface area (Å²) < 4.78 is 4.81. The Morgan fingerprint density at radius 1 is 1.75 bits per heavy atom. The van der Waals surface area contributed by atoms with Gasteiger partial charge in [-0.15, -0.1) is 0 Å². The zero-order chi connectivity index (χ0) is 8.97. The Morgan fingerprint density at radius 2 is 2.50 bits per heavy atom. The SMILES string of the molecule is C=CC(=O)OCN1C=CN(C)C1. The first-order valence-corrected chi connectivity index (χ1v) is 3.64. The topological polar surface area (TPSA) is 32.8 Å². The Bertz CT molecular complexity index is 213. The maximum Gasteiger partial charge on any atom is 0.331 e. The van der Waals surface area contributed by atoms with Gasteiger partial charge in [-0.1, -0.05) is 6.58 Å². The highest BCUT2D eigenvalue weighted by Crippen LogP contribution is 2.02. The number of hydrogen-bond donors (Lipinski definition) is 0. The summed E-state index contributed by atoms with van der Waals surface area (Å²) in [5, 5.41) is 0. The highest BCUT2D eigenvalue weighted by molar-refractivity contribution is 5.81. The number of hydrogen-bond acceptors (Lipinski definition) is 4. The third-order valence-electron chi connectivity index (χ3n) is 1.48. The van der Waals surface area contributed by atoms with Crippen LogP contribution in [0.3, 0.4) is 0 Å². The molecule has 0 saturated carbocycles. The van der Waals surface area contributed by atoms with Gasteiger partial charge in [-0.3, -0.25) is 0 Å². The lowest BCUT2D eigenvalue weighted by Crippen LogP contribution is -2.25. The van der Waals surface area contributed by atoms with Crippen molar-refractivity contribution in [2.45, 2.75) is 0 Å². The smallest absolute Gasteiger partial charge is 0.331 e. The van der Waals surface area contributed by atoms with Gasteiger partial charge in [0.25, 0.3) is 0 Å². The average Bonchev–Trinajstić information content (AvgIpc) is 2.47. The van der Waals surface area contributed by atoms with Crippen LogP contribution in [0.4, 0.5) is 0 Å². The summed E-state index contributed by atoms with van der Waals surface area (Å²) in [6.07, 6.45) is 4.95. The minimum atomic E-state index is -0.391. The van der Waals surface area contributed by atoms with E-state index in [1.165, 1.54) is 0 Å². The Hall–Kier alpha value is -1.45. The van der Waals surface area contributed by atoms with Gasteiger partial charge in [0.15, 0.2) is 6.73 Å². The van der Waals surface area contributed by atoms with Gasteiger partial charge < -0.3 is 14.5 Å². The van der Waals surface area contributed by atoms with Crippen molar-refractivity contribution >= 4 is 5.97 Å². The quantitative estimate of drug-likeness (QED) is 0.449. The summed E-state index contributed by atoms with van der Waals surface area (Å²) in [5.74, 6) is -0.391. The summed E-state index contributed by atoms with van der Waals surface area (Å²) in [5.41, 5.74) is 0. The normalized spacial score (nSPS) is 15.1. The first-order chi connectivity index (χ1) is 5.72. The van der Waals surface area contributed by atoms with E-state index in [9.17, 15) is 4.79 Å². The van der Waals surface area contributed by atoms with E-state index in [4.69, 9.17) is 4.74 Å². The fourth-order valence-electron chi connectivity index (χ4n) is 0.878. The molecule has 0 amide bonds. The summed E-state index contributed by atoms with van der Waals surface area (Å²) in [6.45, 7) is 4.34. The van der Waals surface area contributed by atoms with Gasteiger partial charge >= 0.3 is 5.97 Å². The largest absolute Gasteiger partial charge is 0.441 e. The Labute approximate surface area is 71.7 Å². The molecule has 0 aromatic rings. The number of esters is 1. The minimum Gasteiger partial charge on any atom is -0.441 e. The van der Waals surface area contributed by atoms with E-state index >= 15 is 0 Å². The predicted molar refractivity (Wildman–Crippen MR) is 44.8 cm³/mol. The van der Waals surface area contributed by atoms with Gasteiger partial charge in [0.1, 0.15) is 0 Å². The van der Waals surface area contributed by atoms with Crippen LogP contribution in [-0.4, -0.2) is 36.2 Å². The number of carbonyl (C=O) groups is 1. The molecule has 1 aliphatic heterocycles. The molecule has 0 aromatic carbocycles. The second-order valence-corrected chi connectivity index (χ2v) is 2.58. The van der Waals surface area contributed by atoms with Crippen molar-refractivity contribution < 1.29 is 9.53 Å². The number of carbonyl (C=O) groups excluding carboxylic acids is 1. The third-order valence-corrected chi connectivity index (χ3v) is 1.48. The fraction of sp³-hybridized carbons (Fsp3) is 0.375. The summed E-state index contributed by atoms with van der Waals surface area (Å²) in [7, 11) is 1.95. The molecule has 0 aliphatic carbocycles. The summed E-state index contributed by atoms with van der Waals surface area (Å²) in [6, 6.07) is 0. The van der Waals surface area contributed by atoms with Crippen LogP contribution in [-0.2, 0) is 9.53 Å². The molecular formula is C8H12N2O2. The number of rotatable bonds is 3. The summed E-state index contributed by atoms with van der Waals surface area (Å²) >= 11 is 0. The van der Waals surface area contributed by atoms with Gasteiger partial charge in [0.05, 0.1) is 6.67 Å². The molecule has 0 unspecified atom stereocenters. The van der Waals surface area contributed by atoms with Gasteiger partial charge in [-0.2, -0.15) is 0 Å². The molecule has 0 N–H and O–H groups in total. The van der Waals surface area contributed by atoms with Crippen LogP contribution in [0, 0.1) is 0 Å². The lowest BCUT2D eigenvalue weighted by atomic mass is 10.7. The van der Waals surface area contributed by atoms with E-state index in [2.05, 4.69) is 6.58 Å². The van der Waals surface area contributed by atoms with Crippen molar-refractivity contribution in [3.8, 4) is 0 Å². The van der Waals surface area contributed by atoms with Crippen molar-refractivity contribution in [3.05, 3.63) is 25.1 Å². The first-order valence-electron chi connectivity index (χ1n) is 3.64. The van der Waals surface area contributed by atoms with Crippen LogP contribution in [0.1, 0.15) is 0 Å². The predicted octanol–water partition coefficient (Wildman–Crippen LogP) is 0.349. The van der Waals surface area contributed by atoms with Crippen LogP contribution >= 0.6 is 0 Å². The molecule has 1 aliphatic rings. The minimum absolute atomic E-state index is 0.283. The van der Waals surface area contributed by atoms with Gasteiger partial charge in [0.2, 0.25) is 0 Å².